The van der Waals surface area contributed by atoms with Crippen molar-refractivity contribution in [2.45, 2.75) is 57.2 Å². The molecular weight excluding hydrogens is 348 g/mol. The maximum atomic E-state index is 13.9. The molecule has 3 fully saturated rings. The largest absolute Gasteiger partial charge is 0.353 e. The molecule has 1 N–H and O–H groups in total. The molecule has 1 amide bonds. The number of halogens is 2. The Labute approximate surface area is 159 Å². The normalized spacial score (nSPS) is 25.5. The lowest BCUT2D eigenvalue weighted by molar-refractivity contribution is -0.127. The summed E-state index contributed by atoms with van der Waals surface area (Å²) < 4.78 is 27.7. The Morgan fingerprint density at radius 3 is 2.41 bits per heavy atom. The Morgan fingerprint density at radius 1 is 1.04 bits per heavy atom. The minimum absolute atomic E-state index is 0.116. The molecule has 0 unspecified atom stereocenters. The zero-order valence-electron chi connectivity index (χ0n) is 15.8. The van der Waals surface area contributed by atoms with Crippen molar-refractivity contribution in [2.24, 2.45) is 5.92 Å². The highest BCUT2D eigenvalue weighted by Crippen LogP contribution is 2.26. The summed E-state index contributed by atoms with van der Waals surface area (Å²) in [4.78, 5) is 17.0. The molecule has 0 radical (unpaired) electrons. The molecule has 1 aromatic carbocycles. The van der Waals surface area contributed by atoms with E-state index in [0.717, 1.165) is 64.7 Å². The maximum absolute atomic E-state index is 13.9. The Hall–Kier alpha value is -1.53. The van der Waals surface area contributed by atoms with E-state index in [-0.39, 0.29) is 17.4 Å². The average Bonchev–Trinajstić information content (AvgIpc) is 3.49. The van der Waals surface area contributed by atoms with E-state index in [4.69, 9.17) is 0 Å². The first-order valence-electron chi connectivity index (χ1n) is 10.3. The van der Waals surface area contributed by atoms with E-state index in [2.05, 4.69) is 15.1 Å². The maximum Gasteiger partial charge on any atom is 0.224 e. The monoisotopic (exact) mass is 377 g/mol. The topological polar surface area (TPSA) is 35.6 Å². The molecule has 1 atom stereocenters. The van der Waals surface area contributed by atoms with Crippen molar-refractivity contribution in [1.29, 1.82) is 0 Å². The highest BCUT2D eigenvalue weighted by atomic mass is 19.1. The number of piperidine rings is 2. The Balaban J connectivity index is 1.27. The fourth-order valence-corrected chi connectivity index (χ4v) is 4.45. The summed E-state index contributed by atoms with van der Waals surface area (Å²) in [6.07, 6.45) is 6.30. The van der Waals surface area contributed by atoms with Gasteiger partial charge >= 0.3 is 0 Å². The molecule has 6 heteroatoms. The third-order valence-electron chi connectivity index (χ3n) is 6.26. The van der Waals surface area contributed by atoms with Crippen molar-refractivity contribution < 1.29 is 13.6 Å². The van der Waals surface area contributed by atoms with Gasteiger partial charge in [-0.05, 0) is 70.3 Å². The minimum atomic E-state index is -0.460. The minimum Gasteiger partial charge on any atom is -0.353 e. The summed E-state index contributed by atoms with van der Waals surface area (Å²) >= 11 is 0. The van der Waals surface area contributed by atoms with Gasteiger partial charge in [0, 0.05) is 30.7 Å². The molecule has 1 aliphatic carbocycles. The van der Waals surface area contributed by atoms with Gasteiger partial charge in [0.1, 0.15) is 11.6 Å². The van der Waals surface area contributed by atoms with Crippen LogP contribution in [0.4, 0.5) is 8.78 Å². The molecule has 3 aliphatic rings. The van der Waals surface area contributed by atoms with E-state index in [1.54, 1.807) is 0 Å². The van der Waals surface area contributed by atoms with E-state index < -0.39 is 11.6 Å². The molecular formula is C21H29F2N3O. The fraction of sp³-hybridized carbons (Fsp3) is 0.667. The van der Waals surface area contributed by atoms with Crippen molar-refractivity contribution in [2.75, 3.05) is 26.2 Å². The zero-order valence-corrected chi connectivity index (χ0v) is 15.8. The quantitative estimate of drug-likeness (QED) is 0.857. The third kappa shape index (κ3) is 4.66. The van der Waals surface area contributed by atoms with Crippen LogP contribution in [0.15, 0.2) is 18.2 Å². The van der Waals surface area contributed by atoms with Gasteiger partial charge in [0.05, 0.1) is 5.92 Å². The highest BCUT2D eigenvalue weighted by molar-refractivity contribution is 5.79. The van der Waals surface area contributed by atoms with Crippen LogP contribution in [0.2, 0.25) is 0 Å². The first-order valence-corrected chi connectivity index (χ1v) is 10.3. The number of carbonyl (C=O) groups excluding carboxylic acids is 1. The van der Waals surface area contributed by atoms with E-state index in [1.807, 2.05) is 0 Å². The van der Waals surface area contributed by atoms with E-state index in [9.17, 15) is 13.6 Å². The molecule has 4 rings (SSSR count). The van der Waals surface area contributed by atoms with Crippen LogP contribution < -0.4 is 5.32 Å². The van der Waals surface area contributed by atoms with Crippen LogP contribution in [-0.4, -0.2) is 54.0 Å². The van der Waals surface area contributed by atoms with Gasteiger partial charge in [-0.1, -0.05) is 6.07 Å². The van der Waals surface area contributed by atoms with Crippen molar-refractivity contribution in [3.05, 3.63) is 35.4 Å². The van der Waals surface area contributed by atoms with E-state index in [1.165, 1.54) is 18.2 Å². The molecule has 1 saturated carbocycles. The fourth-order valence-electron chi connectivity index (χ4n) is 4.45. The van der Waals surface area contributed by atoms with Crippen molar-refractivity contribution in [3.63, 3.8) is 0 Å². The number of nitrogens with one attached hydrogen (secondary N) is 1. The van der Waals surface area contributed by atoms with Crippen LogP contribution in [0.25, 0.3) is 0 Å². The summed E-state index contributed by atoms with van der Waals surface area (Å²) in [5.74, 6) is -0.574. The number of likely N-dealkylation sites (tertiary alicyclic amines) is 2. The Bertz CT molecular complexity index is 651. The van der Waals surface area contributed by atoms with Crippen molar-refractivity contribution in [3.8, 4) is 0 Å². The summed E-state index contributed by atoms with van der Waals surface area (Å²) in [6.45, 7) is 3.92. The van der Waals surface area contributed by atoms with Crippen molar-refractivity contribution in [1.82, 2.24) is 15.1 Å². The second kappa shape index (κ2) is 8.23. The SMILES string of the molecule is O=C(NC1CC1)[C@H]1CCCN(C2CCN(Cc3c(F)cccc3F)CC2)C1. The lowest BCUT2D eigenvalue weighted by Gasteiger charge is -2.42. The Kier molecular flexibility index (Phi) is 5.74. The lowest BCUT2D eigenvalue weighted by Crippen LogP contribution is -2.50. The van der Waals surface area contributed by atoms with Crippen LogP contribution in [0, 0.1) is 17.6 Å². The van der Waals surface area contributed by atoms with Crippen molar-refractivity contribution >= 4 is 5.91 Å². The number of benzene rings is 1. The van der Waals surface area contributed by atoms with Gasteiger partial charge < -0.3 is 5.32 Å². The molecule has 2 heterocycles. The standard InChI is InChI=1S/C21H29F2N3O/c22-19-4-1-5-20(23)18(19)14-25-11-8-17(9-12-25)26-10-2-3-15(13-26)21(27)24-16-6-7-16/h1,4-5,15-17H,2-3,6-14H2,(H,24,27)/t15-/m0/s1. The molecule has 2 aliphatic heterocycles. The number of amides is 1. The summed E-state index contributed by atoms with van der Waals surface area (Å²) in [5.41, 5.74) is 0.172. The first kappa shape index (κ1) is 18.8. The van der Waals surface area contributed by atoms with Gasteiger partial charge in [0.25, 0.3) is 0 Å². The number of nitrogens with zero attached hydrogens (tertiary/aromatic N) is 2. The van der Waals surface area contributed by atoms with Gasteiger partial charge in [-0.15, -0.1) is 0 Å². The summed E-state index contributed by atoms with van der Waals surface area (Å²) in [7, 11) is 0. The second-order valence-electron chi connectivity index (χ2n) is 8.32. The molecule has 1 aromatic rings. The number of hydrogen-bond donors (Lipinski definition) is 1. The molecule has 0 bridgehead atoms. The van der Waals surface area contributed by atoms with Gasteiger partial charge in [-0.25, -0.2) is 8.78 Å². The molecule has 27 heavy (non-hydrogen) atoms. The van der Waals surface area contributed by atoms with E-state index in [0.29, 0.717) is 18.6 Å². The molecule has 148 valence electrons. The third-order valence-corrected chi connectivity index (χ3v) is 6.26. The first-order chi connectivity index (χ1) is 13.1. The van der Waals surface area contributed by atoms with E-state index >= 15 is 0 Å². The summed E-state index contributed by atoms with van der Waals surface area (Å²) in [5, 5.41) is 3.15. The zero-order chi connectivity index (χ0) is 18.8. The summed E-state index contributed by atoms with van der Waals surface area (Å²) in [6, 6.07) is 4.96. The molecule has 4 nitrogen and oxygen atoms in total. The van der Waals surface area contributed by atoms with Crippen LogP contribution >= 0.6 is 0 Å². The number of carbonyl (C=O) groups is 1. The van der Waals surface area contributed by atoms with Crippen LogP contribution in [0.1, 0.15) is 44.1 Å². The van der Waals surface area contributed by atoms with Crippen LogP contribution in [-0.2, 0) is 11.3 Å². The van der Waals surface area contributed by atoms with Gasteiger partial charge in [-0.2, -0.15) is 0 Å². The average molecular weight is 377 g/mol. The predicted octanol–water partition coefficient (Wildman–Crippen LogP) is 2.92. The molecule has 0 spiro atoms. The Morgan fingerprint density at radius 2 is 1.74 bits per heavy atom. The number of hydrogen-bond acceptors (Lipinski definition) is 3. The smallest absolute Gasteiger partial charge is 0.224 e. The molecule has 2 saturated heterocycles. The lowest BCUT2D eigenvalue weighted by atomic mass is 9.93. The highest BCUT2D eigenvalue weighted by Gasteiger charge is 2.33. The number of rotatable bonds is 5. The molecule has 0 aromatic heterocycles. The van der Waals surface area contributed by atoms with Crippen LogP contribution in [0.5, 0.6) is 0 Å². The van der Waals surface area contributed by atoms with Crippen LogP contribution in [0.3, 0.4) is 0 Å². The van der Waals surface area contributed by atoms with Gasteiger partial charge in [0.15, 0.2) is 0 Å². The van der Waals surface area contributed by atoms with Gasteiger partial charge in [0.2, 0.25) is 5.91 Å². The van der Waals surface area contributed by atoms with Gasteiger partial charge in [-0.3, -0.25) is 14.6 Å². The second-order valence-corrected chi connectivity index (χ2v) is 8.32. The predicted molar refractivity (Wildman–Crippen MR) is 100 cm³/mol.